The predicted molar refractivity (Wildman–Crippen MR) is 143 cm³/mol. The number of phenolic OH excluding ortho intramolecular Hbond substituents is 1. The third kappa shape index (κ3) is 5.49. The molecule has 198 valence electrons. The van der Waals surface area contributed by atoms with Gasteiger partial charge in [-0.1, -0.05) is 26.0 Å². The summed E-state index contributed by atoms with van der Waals surface area (Å²) in [6, 6.07) is 12.5. The molecule has 38 heavy (non-hydrogen) atoms. The van der Waals surface area contributed by atoms with E-state index in [9.17, 15) is 19.8 Å². The molecule has 0 bridgehead atoms. The molecule has 0 spiro atoms. The second kappa shape index (κ2) is 11.4. The van der Waals surface area contributed by atoms with E-state index in [0.29, 0.717) is 36.0 Å². The molecule has 2 aromatic carbocycles. The van der Waals surface area contributed by atoms with Gasteiger partial charge in [0.2, 0.25) is 0 Å². The predicted octanol–water partition coefficient (Wildman–Crippen LogP) is 5.15. The van der Waals surface area contributed by atoms with Crippen LogP contribution in [-0.2, 0) is 16.1 Å². The molecular formula is C30H32N2O6. The molecule has 3 aromatic rings. The van der Waals surface area contributed by atoms with Gasteiger partial charge in [0.25, 0.3) is 11.7 Å². The number of hydrogen-bond donors (Lipinski definition) is 2. The minimum atomic E-state index is -0.910. The van der Waals surface area contributed by atoms with Crippen LogP contribution in [0, 0.1) is 12.8 Å². The highest BCUT2D eigenvalue weighted by Crippen LogP contribution is 2.42. The number of likely N-dealkylation sites (tertiary alicyclic amines) is 1. The van der Waals surface area contributed by atoms with Crippen molar-refractivity contribution in [2.45, 2.75) is 40.3 Å². The van der Waals surface area contributed by atoms with E-state index < -0.39 is 17.7 Å². The van der Waals surface area contributed by atoms with Crippen LogP contribution in [0.25, 0.3) is 5.76 Å². The van der Waals surface area contributed by atoms with Gasteiger partial charge in [-0.05, 0) is 72.9 Å². The van der Waals surface area contributed by atoms with Crippen molar-refractivity contribution in [3.63, 3.8) is 0 Å². The van der Waals surface area contributed by atoms with Crippen molar-refractivity contribution in [1.82, 2.24) is 9.88 Å². The molecule has 0 aliphatic carbocycles. The number of aromatic nitrogens is 1. The van der Waals surface area contributed by atoms with Gasteiger partial charge in [0.15, 0.2) is 11.5 Å². The van der Waals surface area contributed by atoms with E-state index in [4.69, 9.17) is 9.47 Å². The number of pyridine rings is 1. The van der Waals surface area contributed by atoms with Crippen LogP contribution < -0.4 is 9.47 Å². The van der Waals surface area contributed by atoms with Crippen molar-refractivity contribution < 1.29 is 29.3 Å². The van der Waals surface area contributed by atoms with Crippen LogP contribution in [0.3, 0.4) is 0 Å². The van der Waals surface area contributed by atoms with Crippen molar-refractivity contribution in [2.24, 2.45) is 5.92 Å². The highest BCUT2D eigenvalue weighted by Gasteiger charge is 2.46. The van der Waals surface area contributed by atoms with Crippen LogP contribution in [0.1, 0.15) is 49.1 Å². The number of aliphatic hydroxyl groups excluding tert-OH is 1. The number of aliphatic hydroxyl groups is 1. The fourth-order valence-electron chi connectivity index (χ4n) is 4.42. The van der Waals surface area contributed by atoms with E-state index >= 15 is 0 Å². The van der Waals surface area contributed by atoms with Gasteiger partial charge in [-0.15, -0.1) is 0 Å². The monoisotopic (exact) mass is 516 g/mol. The molecule has 1 aromatic heterocycles. The lowest BCUT2D eigenvalue weighted by Gasteiger charge is -2.26. The van der Waals surface area contributed by atoms with Gasteiger partial charge in [-0.25, -0.2) is 0 Å². The molecule has 8 nitrogen and oxygen atoms in total. The number of ketones is 1. The van der Waals surface area contributed by atoms with Crippen LogP contribution in [0.2, 0.25) is 0 Å². The van der Waals surface area contributed by atoms with Crippen LogP contribution in [0.15, 0.2) is 66.5 Å². The van der Waals surface area contributed by atoms with Gasteiger partial charge in [0, 0.05) is 24.5 Å². The number of phenols is 1. The van der Waals surface area contributed by atoms with Gasteiger partial charge in [-0.3, -0.25) is 14.6 Å². The van der Waals surface area contributed by atoms with Crippen molar-refractivity contribution in [2.75, 3.05) is 13.2 Å². The molecule has 2 heterocycles. The number of Topliss-reactive ketones (excluding diaryl/α,β-unsaturated/α-hetero) is 1. The molecule has 4 rings (SSSR count). The molecule has 1 fully saturated rings. The Balaban J connectivity index is 1.83. The Labute approximate surface area is 222 Å². The molecule has 2 N–H and O–H groups in total. The number of carbonyl (C=O) groups excluding carboxylic acids is 2. The Morgan fingerprint density at radius 1 is 1.08 bits per heavy atom. The molecule has 0 saturated carbocycles. The summed E-state index contributed by atoms with van der Waals surface area (Å²) >= 11 is 0. The molecule has 0 unspecified atom stereocenters. The zero-order valence-electron chi connectivity index (χ0n) is 22.0. The van der Waals surface area contributed by atoms with Crippen molar-refractivity contribution in [3.8, 4) is 17.2 Å². The van der Waals surface area contributed by atoms with Crippen LogP contribution in [-0.4, -0.2) is 45.0 Å². The second-order valence-electron chi connectivity index (χ2n) is 9.63. The third-order valence-electron chi connectivity index (χ3n) is 6.24. The fourth-order valence-corrected chi connectivity index (χ4v) is 4.42. The summed E-state index contributed by atoms with van der Waals surface area (Å²) in [7, 11) is 0. The zero-order valence-corrected chi connectivity index (χ0v) is 22.0. The first kappa shape index (κ1) is 26.7. The average Bonchev–Trinajstić information content (AvgIpc) is 3.14. The van der Waals surface area contributed by atoms with E-state index in [1.165, 1.54) is 11.0 Å². The summed E-state index contributed by atoms with van der Waals surface area (Å²) in [4.78, 5) is 32.2. The Bertz CT molecular complexity index is 1370. The Kier molecular flexibility index (Phi) is 8.00. The molecule has 0 radical (unpaired) electrons. The number of ether oxygens (including phenoxy) is 2. The van der Waals surface area contributed by atoms with Crippen LogP contribution >= 0.6 is 0 Å². The topological polar surface area (TPSA) is 109 Å². The minimum Gasteiger partial charge on any atom is -0.507 e. The van der Waals surface area contributed by atoms with E-state index in [1.54, 1.807) is 55.7 Å². The Morgan fingerprint density at radius 2 is 1.87 bits per heavy atom. The fraction of sp³-hybridized carbons (Fsp3) is 0.300. The summed E-state index contributed by atoms with van der Waals surface area (Å²) in [6.07, 6.45) is 3.25. The van der Waals surface area contributed by atoms with E-state index in [0.717, 1.165) is 11.1 Å². The normalized spacial score (nSPS) is 16.8. The van der Waals surface area contributed by atoms with Gasteiger partial charge in [0.05, 0.1) is 24.8 Å². The maximum absolute atomic E-state index is 13.4. The number of aromatic hydroxyl groups is 1. The summed E-state index contributed by atoms with van der Waals surface area (Å²) in [5.41, 5.74) is 2.39. The molecule has 1 amide bonds. The van der Waals surface area contributed by atoms with Gasteiger partial charge in [-0.2, -0.15) is 0 Å². The Morgan fingerprint density at radius 3 is 2.53 bits per heavy atom. The highest BCUT2D eigenvalue weighted by atomic mass is 16.5. The molecule has 1 saturated heterocycles. The summed E-state index contributed by atoms with van der Waals surface area (Å²) in [5, 5.41) is 21.7. The Hall–Kier alpha value is -4.33. The van der Waals surface area contributed by atoms with Crippen molar-refractivity contribution in [3.05, 3.63) is 88.8 Å². The number of aryl methyl sites for hydroxylation is 1. The summed E-state index contributed by atoms with van der Waals surface area (Å²) < 4.78 is 11.4. The van der Waals surface area contributed by atoms with Gasteiger partial charge in [0.1, 0.15) is 11.5 Å². The average molecular weight is 517 g/mol. The van der Waals surface area contributed by atoms with Gasteiger partial charge < -0.3 is 24.6 Å². The number of benzene rings is 2. The third-order valence-corrected chi connectivity index (χ3v) is 6.24. The number of rotatable bonds is 9. The first-order chi connectivity index (χ1) is 18.2. The maximum Gasteiger partial charge on any atom is 0.295 e. The van der Waals surface area contributed by atoms with Gasteiger partial charge >= 0.3 is 0 Å². The lowest BCUT2D eigenvalue weighted by molar-refractivity contribution is -0.140. The standard InChI is InChI=1S/C30H32N2O6/c1-5-37-25-14-21(8-10-23(25)33)27-26(29(35)30(36)32(27)16-20-7-6-12-31-15-20)28(34)22-9-11-24(19(4)13-22)38-17-18(2)3/h6-15,18,27,33-34H,5,16-17H2,1-4H3/b28-26+/t27-/m1/s1. The lowest BCUT2D eigenvalue weighted by Crippen LogP contribution is -2.29. The minimum absolute atomic E-state index is 0.0396. The lowest BCUT2D eigenvalue weighted by atomic mass is 9.94. The van der Waals surface area contributed by atoms with Crippen molar-refractivity contribution in [1.29, 1.82) is 0 Å². The molecular weight excluding hydrogens is 484 g/mol. The SMILES string of the molecule is CCOc1cc([C@@H]2/C(=C(\O)c3ccc(OCC(C)C)c(C)c3)C(=O)C(=O)N2Cc2cccnc2)ccc1O. The molecule has 8 heteroatoms. The van der Waals surface area contributed by atoms with Crippen molar-refractivity contribution >= 4 is 17.4 Å². The van der Waals surface area contributed by atoms with Crippen LogP contribution in [0.4, 0.5) is 0 Å². The molecule has 1 aliphatic rings. The summed E-state index contributed by atoms with van der Waals surface area (Å²) in [5.74, 6) is -0.618. The van der Waals surface area contributed by atoms with Crippen LogP contribution in [0.5, 0.6) is 17.2 Å². The van der Waals surface area contributed by atoms with E-state index in [-0.39, 0.29) is 29.4 Å². The molecule has 1 atom stereocenters. The number of hydrogen-bond acceptors (Lipinski definition) is 7. The molecule has 1 aliphatic heterocycles. The zero-order chi connectivity index (χ0) is 27.4. The maximum atomic E-state index is 13.4. The van der Waals surface area contributed by atoms with E-state index in [1.807, 2.05) is 13.0 Å². The first-order valence-corrected chi connectivity index (χ1v) is 12.6. The largest absolute Gasteiger partial charge is 0.507 e. The number of carbonyl (C=O) groups is 2. The smallest absolute Gasteiger partial charge is 0.295 e. The number of amides is 1. The first-order valence-electron chi connectivity index (χ1n) is 12.6. The highest BCUT2D eigenvalue weighted by molar-refractivity contribution is 6.46. The quantitative estimate of drug-likeness (QED) is 0.230. The number of nitrogens with zero attached hydrogens (tertiary/aromatic N) is 2. The summed E-state index contributed by atoms with van der Waals surface area (Å²) in [6.45, 7) is 8.73. The van der Waals surface area contributed by atoms with E-state index in [2.05, 4.69) is 18.8 Å². The second-order valence-corrected chi connectivity index (χ2v) is 9.63.